The summed E-state index contributed by atoms with van der Waals surface area (Å²) in [5, 5.41) is 3.62. The van der Waals surface area contributed by atoms with Crippen LogP contribution in [0, 0.1) is 0 Å². The van der Waals surface area contributed by atoms with Crippen LogP contribution in [0.25, 0.3) is 0 Å². The normalized spacial score (nSPS) is 25.4. The van der Waals surface area contributed by atoms with E-state index in [-0.39, 0.29) is 5.54 Å². The molecule has 1 aliphatic heterocycles. The van der Waals surface area contributed by atoms with Crippen molar-refractivity contribution in [3.8, 4) is 0 Å². The quantitative estimate of drug-likeness (QED) is 0.746. The summed E-state index contributed by atoms with van der Waals surface area (Å²) < 4.78 is 0. The third kappa shape index (κ3) is 3.97. The van der Waals surface area contributed by atoms with Gasteiger partial charge in [-0.3, -0.25) is 4.90 Å². The van der Waals surface area contributed by atoms with Crippen LogP contribution in [0.5, 0.6) is 0 Å². The predicted octanol–water partition coefficient (Wildman–Crippen LogP) is 2.20. The van der Waals surface area contributed by atoms with Gasteiger partial charge in [-0.05, 0) is 52.7 Å². The van der Waals surface area contributed by atoms with E-state index in [0.29, 0.717) is 5.54 Å². The second-order valence-electron chi connectivity index (χ2n) is 5.82. The summed E-state index contributed by atoms with van der Waals surface area (Å²) in [6, 6.07) is 0. The summed E-state index contributed by atoms with van der Waals surface area (Å²) >= 11 is 1.95. The van der Waals surface area contributed by atoms with E-state index >= 15 is 0 Å². The summed E-state index contributed by atoms with van der Waals surface area (Å²) in [5.74, 6) is 1.28. The van der Waals surface area contributed by atoms with Crippen molar-refractivity contribution in [1.29, 1.82) is 0 Å². The van der Waals surface area contributed by atoms with Gasteiger partial charge in [-0.25, -0.2) is 0 Å². The van der Waals surface area contributed by atoms with Crippen molar-refractivity contribution in [1.82, 2.24) is 10.2 Å². The predicted molar refractivity (Wildman–Crippen MR) is 70.7 cm³/mol. The van der Waals surface area contributed by atoms with Crippen molar-refractivity contribution in [3.05, 3.63) is 0 Å². The van der Waals surface area contributed by atoms with Crippen molar-refractivity contribution in [2.45, 2.75) is 45.2 Å². The van der Waals surface area contributed by atoms with Gasteiger partial charge in [-0.15, -0.1) is 0 Å². The highest BCUT2D eigenvalue weighted by Gasteiger charge is 2.36. The molecule has 0 bridgehead atoms. The monoisotopic (exact) mass is 230 g/mol. The Labute approximate surface area is 99.2 Å². The maximum absolute atomic E-state index is 3.62. The highest BCUT2D eigenvalue weighted by atomic mass is 32.2. The van der Waals surface area contributed by atoms with Crippen LogP contribution in [0.4, 0.5) is 0 Å². The average Bonchev–Trinajstić information content (AvgIpc) is 2.12. The molecule has 0 amide bonds. The molecule has 0 aliphatic carbocycles. The van der Waals surface area contributed by atoms with E-state index in [9.17, 15) is 0 Å². The Morgan fingerprint density at radius 1 is 1.27 bits per heavy atom. The van der Waals surface area contributed by atoms with E-state index < -0.39 is 0 Å². The Hall–Kier alpha value is 0.270. The van der Waals surface area contributed by atoms with E-state index in [0.717, 1.165) is 13.1 Å². The van der Waals surface area contributed by atoms with Crippen LogP contribution in [-0.4, -0.2) is 47.6 Å². The molecule has 0 aromatic heterocycles. The molecule has 0 spiro atoms. The molecule has 0 aromatic rings. The molecule has 3 heteroatoms. The first-order valence-corrected chi connectivity index (χ1v) is 7.26. The fourth-order valence-corrected chi connectivity index (χ4v) is 2.51. The number of piperazine rings is 1. The van der Waals surface area contributed by atoms with E-state index in [1.165, 1.54) is 18.7 Å². The highest BCUT2D eigenvalue weighted by molar-refractivity contribution is 7.98. The van der Waals surface area contributed by atoms with Crippen LogP contribution in [0.1, 0.15) is 34.1 Å². The molecule has 0 radical (unpaired) electrons. The van der Waals surface area contributed by atoms with Crippen LogP contribution in [0.2, 0.25) is 0 Å². The SMILES string of the molecule is CSCCCN1CC(C)(C)NCC1(C)C. The lowest BCUT2D eigenvalue weighted by atomic mass is 9.91. The average molecular weight is 230 g/mol. The van der Waals surface area contributed by atoms with Crippen molar-refractivity contribution < 1.29 is 0 Å². The summed E-state index contributed by atoms with van der Waals surface area (Å²) in [6.07, 6.45) is 3.49. The molecule has 1 rings (SSSR count). The molecule has 90 valence electrons. The molecule has 1 saturated heterocycles. The van der Waals surface area contributed by atoms with E-state index in [1.54, 1.807) is 0 Å². The lowest BCUT2D eigenvalue weighted by Crippen LogP contribution is -2.66. The minimum absolute atomic E-state index is 0.273. The molecule has 1 aliphatic rings. The van der Waals surface area contributed by atoms with Gasteiger partial charge in [0.1, 0.15) is 0 Å². The third-order valence-corrected chi connectivity index (χ3v) is 3.92. The smallest absolute Gasteiger partial charge is 0.0278 e. The lowest BCUT2D eigenvalue weighted by Gasteiger charge is -2.49. The first-order valence-electron chi connectivity index (χ1n) is 5.86. The van der Waals surface area contributed by atoms with Gasteiger partial charge in [0.25, 0.3) is 0 Å². The summed E-state index contributed by atoms with van der Waals surface area (Å²) in [7, 11) is 0. The topological polar surface area (TPSA) is 15.3 Å². The number of hydrogen-bond donors (Lipinski definition) is 1. The number of rotatable bonds is 4. The maximum Gasteiger partial charge on any atom is 0.0278 e. The van der Waals surface area contributed by atoms with Gasteiger partial charge in [0.2, 0.25) is 0 Å². The molecule has 0 saturated carbocycles. The van der Waals surface area contributed by atoms with Crippen molar-refractivity contribution in [2.75, 3.05) is 31.6 Å². The Balaban J connectivity index is 2.49. The fraction of sp³-hybridized carbons (Fsp3) is 1.00. The lowest BCUT2D eigenvalue weighted by molar-refractivity contribution is 0.0398. The van der Waals surface area contributed by atoms with Crippen LogP contribution < -0.4 is 5.32 Å². The number of nitrogens with one attached hydrogen (secondary N) is 1. The van der Waals surface area contributed by atoms with Crippen molar-refractivity contribution >= 4 is 11.8 Å². The minimum atomic E-state index is 0.273. The number of thioether (sulfide) groups is 1. The Bertz CT molecular complexity index is 202. The van der Waals surface area contributed by atoms with E-state index in [4.69, 9.17) is 0 Å². The van der Waals surface area contributed by atoms with Gasteiger partial charge in [0, 0.05) is 24.2 Å². The Morgan fingerprint density at radius 2 is 1.93 bits per heavy atom. The summed E-state index contributed by atoms with van der Waals surface area (Å²) in [5.41, 5.74) is 0.586. The third-order valence-electron chi connectivity index (χ3n) is 3.22. The molecular formula is C12H26N2S. The zero-order chi connectivity index (χ0) is 11.5. The first kappa shape index (κ1) is 13.3. The highest BCUT2D eigenvalue weighted by Crippen LogP contribution is 2.23. The number of hydrogen-bond acceptors (Lipinski definition) is 3. The van der Waals surface area contributed by atoms with E-state index in [2.05, 4.69) is 44.2 Å². The first-order chi connectivity index (χ1) is 6.87. The Morgan fingerprint density at radius 3 is 2.53 bits per heavy atom. The van der Waals surface area contributed by atoms with Crippen LogP contribution in [-0.2, 0) is 0 Å². The molecule has 15 heavy (non-hydrogen) atoms. The molecule has 0 atom stereocenters. The fourth-order valence-electron chi connectivity index (χ4n) is 2.10. The molecule has 2 nitrogen and oxygen atoms in total. The van der Waals surface area contributed by atoms with Crippen LogP contribution >= 0.6 is 11.8 Å². The second kappa shape index (κ2) is 5.07. The molecule has 0 unspecified atom stereocenters. The molecular weight excluding hydrogens is 204 g/mol. The number of nitrogens with zero attached hydrogens (tertiary/aromatic N) is 1. The summed E-state index contributed by atoms with van der Waals surface area (Å²) in [6.45, 7) is 12.8. The molecule has 1 heterocycles. The molecule has 0 aromatic carbocycles. The van der Waals surface area contributed by atoms with Gasteiger partial charge < -0.3 is 5.32 Å². The minimum Gasteiger partial charge on any atom is -0.309 e. The molecule has 1 fully saturated rings. The zero-order valence-corrected chi connectivity index (χ0v) is 11.7. The van der Waals surface area contributed by atoms with Gasteiger partial charge in [0.15, 0.2) is 0 Å². The standard InChI is InChI=1S/C12H26N2S/c1-11(2)10-14(7-6-8-15-5)12(3,4)9-13-11/h13H,6-10H2,1-5H3. The van der Waals surface area contributed by atoms with Gasteiger partial charge in [0.05, 0.1) is 0 Å². The maximum atomic E-state index is 3.62. The van der Waals surface area contributed by atoms with Gasteiger partial charge in [-0.2, -0.15) is 11.8 Å². The van der Waals surface area contributed by atoms with Crippen LogP contribution in [0.15, 0.2) is 0 Å². The zero-order valence-electron chi connectivity index (χ0n) is 10.9. The Kier molecular flexibility index (Phi) is 4.50. The van der Waals surface area contributed by atoms with Gasteiger partial charge in [-0.1, -0.05) is 0 Å². The van der Waals surface area contributed by atoms with Crippen molar-refractivity contribution in [2.24, 2.45) is 0 Å². The second-order valence-corrected chi connectivity index (χ2v) is 6.80. The molecule has 1 N–H and O–H groups in total. The van der Waals surface area contributed by atoms with Crippen molar-refractivity contribution in [3.63, 3.8) is 0 Å². The largest absolute Gasteiger partial charge is 0.309 e. The summed E-state index contributed by atoms with van der Waals surface area (Å²) in [4.78, 5) is 2.64. The van der Waals surface area contributed by atoms with E-state index in [1.807, 2.05) is 11.8 Å². The van der Waals surface area contributed by atoms with Gasteiger partial charge >= 0.3 is 0 Å². The van der Waals surface area contributed by atoms with Crippen LogP contribution in [0.3, 0.4) is 0 Å².